The van der Waals surface area contributed by atoms with Crippen LogP contribution in [0.4, 0.5) is 5.69 Å². The molecule has 0 unspecified atom stereocenters. The van der Waals surface area contributed by atoms with E-state index in [-0.39, 0.29) is 11.2 Å². The molecule has 3 aromatic rings. The number of hydrogen-bond donors (Lipinski definition) is 4. The fourth-order valence-electron chi connectivity index (χ4n) is 1.80. The van der Waals surface area contributed by atoms with Crippen molar-refractivity contribution in [3.63, 3.8) is 0 Å². The van der Waals surface area contributed by atoms with Gasteiger partial charge in [-0.25, -0.2) is 9.78 Å². The van der Waals surface area contributed by atoms with E-state index in [1.165, 1.54) is 0 Å². The molecule has 0 amide bonds. The number of rotatable bonds is 1. The van der Waals surface area contributed by atoms with E-state index >= 15 is 0 Å². The minimum absolute atomic E-state index is 0.197. The molecular formula is C11H8BrN5O2. The second-order valence-corrected chi connectivity index (χ2v) is 4.77. The first-order chi connectivity index (χ1) is 9.06. The standard InChI is InChI=1S/C11H8BrN5O2/c12-5-3-1-2-4(6(5)13)8-14-7-9(15-8)16-11(19)17-10(7)18/h1-3H,13H2,(H3,14,15,16,17,18,19). The number of benzene rings is 1. The molecule has 0 atom stereocenters. The highest BCUT2D eigenvalue weighted by molar-refractivity contribution is 9.10. The Balaban J connectivity index is 2.33. The van der Waals surface area contributed by atoms with E-state index in [4.69, 9.17) is 5.73 Å². The summed E-state index contributed by atoms with van der Waals surface area (Å²) in [6.45, 7) is 0. The average Bonchev–Trinajstić information content (AvgIpc) is 2.76. The fourth-order valence-corrected chi connectivity index (χ4v) is 2.17. The van der Waals surface area contributed by atoms with Gasteiger partial charge in [0.25, 0.3) is 5.56 Å². The summed E-state index contributed by atoms with van der Waals surface area (Å²) in [5.74, 6) is 0.418. The molecule has 0 fully saturated rings. The van der Waals surface area contributed by atoms with E-state index < -0.39 is 11.2 Å². The minimum Gasteiger partial charge on any atom is -0.397 e. The van der Waals surface area contributed by atoms with Crippen molar-refractivity contribution in [3.05, 3.63) is 43.5 Å². The van der Waals surface area contributed by atoms with Gasteiger partial charge < -0.3 is 10.7 Å². The van der Waals surface area contributed by atoms with Crippen LogP contribution in [0.25, 0.3) is 22.6 Å². The third kappa shape index (κ3) is 1.85. The quantitative estimate of drug-likeness (QED) is 0.498. The van der Waals surface area contributed by atoms with Crippen LogP contribution in [0.15, 0.2) is 32.3 Å². The Kier molecular flexibility index (Phi) is 2.53. The Morgan fingerprint density at radius 3 is 2.74 bits per heavy atom. The highest BCUT2D eigenvalue weighted by Gasteiger charge is 2.12. The van der Waals surface area contributed by atoms with Crippen LogP contribution in [0.2, 0.25) is 0 Å². The monoisotopic (exact) mass is 321 g/mol. The molecule has 0 aliphatic heterocycles. The van der Waals surface area contributed by atoms with E-state index in [9.17, 15) is 9.59 Å². The van der Waals surface area contributed by atoms with Crippen molar-refractivity contribution in [2.45, 2.75) is 0 Å². The SMILES string of the molecule is Nc1c(Br)cccc1-c1nc2[nH]c(=O)[nH]c(=O)c2[nH]1. The second-order valence-electron chi connectivity index (χ2n) is 3.92. The molecule has 2 heterocycles. The lowest BCUT2D eigenvalue weighted by Crippen LogP contribution is -2.21. The summed E-state index contributed by atoms with van der Waals surface area (Å²) in [6, 6.07) is 5.37. The first-order valence-electron chi connectivity index (χ1n) is 5.33. The zero-order chi connectivity index (χ0) is 13.6. The van der Waals surface area contributed by atoms with Gasteiger partial charge in [0.1, 0.15) is 11.3 Å². The summed E-state index contributed by atoms with van der Waals surface area (Å²) < 4.78 is 0.729. The second kappa shape index (κ2) is 4.09. The highest BCUT2D eigenvalue weighted by Crippen LogP contribution is 2.30. The van der Waals surface area contributed by atoms with Gasteiger partial charge in [0, 0.05) is 10.0 Å². The van der Waals surface area contributed by atoms with Gasteiger partial charge in [-0.1, -0.05) is 6.07 Å². The maximum Gasteiger partial charge on any atom is 0.327 e. The molecule has 0 aliphatic rings. The van der Waals surface area contributed by atoms with Crippen LogP contribution in [0.1, 0.15) is 0 Å². The van der Waals surface area contributed by atoms with Crippen LogP contribution in [0, 0.1) is 0 Å². The van der Waals surface area contributed by atoms with Gasteiger partial charge in [-0.05, 0) is 28.1 Å². The third-order valence-corrected chi connectivity index (χ3v) is 3.39. The summed E-state index contributed by atoms with van der Waals surface area (Å²) in [6.07, 6.45) is 0. The maximum atomic E-state index is 11.6. The van der Waals surface area contributed by atoms with Crippen molar-refractivity contribution in [2.75, 3.05) is 5.73 Å². The molecule has 8 heteroatoms. The molecule has 0 radical (unpaired) electrons. The van der Waals surface area contributed by atoms with Crippen LogP contribution in [-0.2, 0) is 0 Å². The molecule has 0 spiro atoms. The number of aromatic nitrogens is 4. The Morgan fingerprint density at radius 2 is 1.95 bits per heavy atom. The number of anilines is 1. The van der Waals surface area contributed by atoms with Crippen molar-refractivity contribution in [1.29, 1.82) is 0 Å². The lowest BCUT2D eigenvalue weighted by molar-refractivity contribution is 1.07. The predicted molar refractivity (Wildman–Crippen MR) is 74.9 cm³/mol. The predicted octanol–water partition coefficient (Wildman–Crippen LogP) is 0.951. The molecule has 1 aromatic carbocycles. The van der Waals surface area contributed by atoms with Crippen molar-refractivity contribution in [1.82, 2.24) is 19.9 Å². The smallest absolute Gasteiger partial charge is 0.327 e. The fraction of sp³-hybridized carbons (Fsp3) is 0. The molecule has 5 N–H and O–H groups in total. The number of nitrogens with two attached hydrogens (primary N) is 1. The van der Waals surface area contributed by atoms with Gasteiger partial charge in [0.15, 0.2) is 5.65 Å². The summed E-state index contributed by atoms with van der Waals surface area (Å²) in [5, 5.41) is 0. The molecule has 0 aliphatic carbocycles. The van der Waals surface area contributed by atoms with Crippen LogP contribution in [-0.4, -0.2) is 19.9 Å². The first-order valence-corrected chi connectivity index (χ1v) is 6.12. The van der Waals surface area contributed by atoms with Crippen molar-refractivity contribution in [3.8, 4) is 11.4 Å². The van der Waals surface area contributed by atoms with Gasteiger partial charge in [-0.15, -0.1) is 0 Å². The number of H-pyrrole nitrogens is 3. The van der Waals surface area contributed by atoms with E-state index in [0.717, 1.165) is 4.47 Å². The van der Waals surface area contributed by atoms with Crippen molar-refractivity contribution < 1.29 is 0 Å². The van der Waals surface area contributed by atoms with Crippen molar-refractivity contribution in [2.24, 2.45) is 0 Å². The largest absolute Gasteiger partial charge is 0.397 e. The van der Waals surface area contributed by atoms with Gasteiger partial charge in [-0.2, -0.15) is 0 Å². The van der Waals surface area contributed by atoms with Crippen LogP contribution in [0.3, 0.4) is 0 Å². The van der Waals surface area contributed by atoms with Gasteiger partial charge in [-0.3, -0.25) is 14.8 Å². The average molecular weight is 322 g/mol. The van der Waals surface area contributed by atoms with Gasteiger partial charge in [0.05, 0.1) is 5.69 Å². The number of para-hydroxylation sites is 1. The van der Waals surface area contributed by atoms with E-state index in [1.807, 2.05) is 0 Å². The van der Waals surface area contributed by atoms with E-state index in [1.54, 1.807) is 18.2 Å². The lowest BCUT2D eigenvalue weighted by atomic mass is 10.2. The molecule has 7 nitrogen and oxygen atoms in total. The number of halogens is 1. The van der Waals surface area contributed by atoms with Gasteiger partial charge in [0.2, 0.25) is 0 Å². The van der Waals surface area contributed by atoms with Crippen LogP contribution in [0.5, 0.6) is 0 Å². The number of aromatic amines is 3. The number of nitrogen functional groups attached to an aromatic ring is 1. The first kappa shape index (κ1) is 11.7. The summed E-state index contributed by atoms with van der Waals surface area (Å²) in [5.41, 5.74) is 6.36. The summed E-state index contributed by atoms with van der Waals surface area (Å²) >= 11 is 3.32. The summed E-state index contributed by atoms with van der Waals surface area (Å²) in [7, 11) is 0. The Bertz CT molecular complexity index is 892. The Hall–Kier alpha value is -2.35. The Morgan fingerprint density at radius 1 is 1.16 bits per heavy atom. The molecule has 3 rings (SSSR count). The number of nitrogens with one attached hydrogen (secondary N) is 3. The zero-order valence-corrected chi connectivity index (χ0v) is 11.0. The molecule has 2 aromatic heterocycles. The topological polar surface area (TPSA) is 120 Å². The normalized spacial score (nSPS) is 11.0. The third-order valence-electron chi connectivity index (χ3n) is 2.70. The van der Waals surface area contributed by atoms with E-state index in [2.05, 4.69) is 35.9 Å². The molecule has 96 valence electrons. The number of imidazole rings is 1. The highest BCUT2D eigenvalue weighted by atomic mass is 79.9. The molecule has 19 heavy (non-hydrogen) atoms. The zero-order valence-electron chi connectivity index (χ0n) is 9.45. The molecule has 0 saturated heterocycles. The van der Waals surface area contributed by atoms with E-state index in [0.29, 0.717) is 17.1 Å². The number of fused-ring (bicyclic) bond motifs is 1. The number of nitrogens with zero attached hydrogens (tertiary/aromatic N) is 1. The number of hydrogen-bond acceptors (Lipinski definition) is 4. The van der Waals surface area contributed by atoms with Crippen LogP contribution >= 0.6 is 15.9 Å². The summed E-state index contributed by atoms with van der Waals surface area (Å²) in [4.78, 5) is 34.4. The molecular weight excluding hydrogens is 314 g/mol. The Labute approximate surface area is 114 Å². The minimum atomic E-state index is -0.599. The molecule has 0 bridgehead atoms. The molecule has 0 saturated carbocycles. The van der Waals surface area contributed by atoms with Crippen molar-refractivity contribution >= 4 is 32.8 Å². The van der Waals surface area contributed by atoms with Crippen LogP contribution < -0.4 is 17.0 Å². The lowest BCUT2D eigenvalue weighted by Gasteiger charge is -2.03. The maximum absolute atomic E-state index is 11.6. The van der Waals surface area contributed by atoms with Gasteiger partial charge >= 0.3 is 5.69 Å².